The third-order valence-electron chi connectivity index (χ3n) is 5.53. The van der Waals surface area contributed by atoms with E-state index in [1.807, 2.05) is 0 Å². The summed E-state index contributed by atoms with van der Waals surface area (Å²) in [6.45, 7) is 4.84. The van der Waals surface area contributed by atoms with Crippen molar-refractivity contribution in [2.24, 2.45) is 5.73 Å². The SMILES string of the molecule is COc1ccc(CN(c2scnc2C(=O)OC(C)(C)C)S(=O)(=O)c2ccc(CC(=O)CCC(=N)N)c(F)c2)cc1. The van der Waals surface area contributed by atoms with Crippen molar-refractivity contribution in [1.29, 1.82) is 5.41 Å². The monoisotopic (exact) mass is 590 g/mol. The Labute approximate surface area is 236 Å². The number of ether oxygens (including phenoxy) is 2. The van der Waals surface area contributed by atoms with Gasteiger partial charge < -0.3 is 15.2 Å². The number of methoxy groups -OCH3 is 1. The van der Waals surface area contributed by atoms with Gasteiger partial charge in [0, 0.05) is 19.3 Å². The molecule has 1 heterocycles. The molecule has 1 aromatic heterocycles. The second-order valence-electron chi connectivity index (χ2n) is 9.86. The van der Waals surface area contributed by atoms with Gasteiger partial charge in [0.25, 0.3) is 10.0 Å². The number of hydrogen-bond donors (Lipinski definition) is 2. The molecule has 0 fully saturated rings. The predicted molar refractivity (Wildman–Crippen MR) is 150 cm³/mol. The smallest absolute Gasteiger partial charge is 0.360 e. The van der Waals surface area contributed by atoms with E-state index in [0.29, 0.717) is 11.3 Å². The summed E-state index contributed by atoms with van der Waals surface area (Å²) in [5.74, 6) is -1.60. The predicted octanol–water partition coefficient (Wildman–Crippen LogP) is 4.47. The molecule has 0 spiro atoms. The van der Waals surface area contributed by atoms with E-state index in [0.717, 1.165) is 21.7 Å². The number of benzene rings is 2. The van der Waals surface area contributed by atoms with Gasteiger partial charge in [0.1, 0.15) is 28.0 Å². The first-order valence-electron chi connectivity index (χ1n) is 12.2. The maximum absolute atomic E-state index is 15.0. The number of rotatable bonds is 12. The number of carbonyl (C=O) groups excluding carboxylic acids is 2. The summed E-state index contributed by atoms with van der Waals surface area (Å²) in [6.07, 6.45) is -0.238. The highest BCUT2D eigenvalue weighted by atomic mass is 32.2. The van der Waals surface area contributed by atoms with Gasteiger partial charge in [0.15, 0.2) is 5.69 Å². The number of esters is 1. The first kappa shape index (κ1) is 30.7. The summed E-state index contributed by atoms with van der Waals surface area (Å²) in [7, 11) is -2.93. The van der Waals surface area contributed by atoms with Gasteiger partial charge in [-0.2, -0.15) is 0 Å². The van der Waals surface area contributed by atoms with Crippen LogP contribution in [0.25, 0.3) is 0 Å². The number of nitrogens with zero attached hydrogens (tertiary/aromatic N) is 2. The van der Waals surface area contributed by atoms with Crippen molar-refractivity contribution in [2.45, 2.75) is 57.1 Å². The third-order valence-corrected chi connectivity index (χ3v) is 8.23. The lowest BCUT2D eigenvalue weighted by Crippen LogP contribution is -2.32. The Morgan fingerprint density at radius 2 is 1.80 bits per heavy atom. The Morgan fingerprint density at radius 1 is 1.12 bits per heavy atom. The molecular weight excluding hydrogens is 559 g/mol. The fraction of sp³-hybridized carbons (Fsp3) is 0.333. The molecule has 10 nitrogen and oxygen atoms in total. The first-order chi connectivity index (χ1) is 18.7. The summed E-state index contributed by atoms with van der Waals surface area (Å²) in [5, 5.41) is 7.24. The average Bonchev–Trinajstić information content (AvgIpc) is 3.36. The van der Waals surface area contributed by atoms with Crippen LogP contribution in [-0.4, -0.2) is 43.7 Å². The summed E-state index contributed by atoms with van der Waals surface area (Å²) in [6, 6.07) is 9.97. The van der Waals surface area contributed by atoms with Crippen LogP contribution in [0.3, 0.4) is 0 Å². The number of amidine groups is 1. The number of nitrogens with two attached hydrogens (primary N) is 1. The van der Waals surface area contributed by atoms with Crippen LogP contribution in [-0.2, 0) is 32.5 Å². The number of hydrogen-bond acceptors (Lipinski definition) is 9. The van der Waals surface area contributed by atoms with Gasteiger partial charge in [-0.3, -0.25) is 14.5 Å². The molecule has 0 aliphatic rings. The highest BCUT2D eigenvalue weighted by molar-refractivity contribution is 7.93. The van der Waals surface area contributed by atoms with E-state index in [4.69, 9.17) is 20.6 Å². The van der Waals surface area contributed by atoms with Crippen molar-refractivity contribution in [2.75, 3.05) is 11.4 Å². The molecule has 3 rings (SSSR count). The lowest BCUT2D eigenvalue weighted by atomic mass is 10.1. The number of aromatic nitrogens is 1. The lowest BCUT2D eigenvalue weighted by Gasteiger charge is -2.25. The Bertz CT molecular complexity index is 1500. The fourth-order valence-electron chi connectivity index (χ4n) is 3.58. The summed E-state index contributed by atoms with van der Waals surface area (Å²) < 4.78 is 54.5. The summed E-state index contributed by atoms with van der Waals surface area (Å²) >= 11 is 0.928. The number of sulfonamides is 1. The van der Waals surface area contributed by atoms with E-state index in [2.05, 4.69) is 4.98 Å². The second-order valence-corrected chi connectivity index (χ2v) is 12.6. The Kier molecular flexibility index (Phi) is 9.64. The van der Waals surface area contributed by atoms with Crippen molar-refractivity contribution in [3.8, 4) is 5.75 Å². The number of Topliss-reactive ketones (excluding diaryl/α,β-unsaturated/α-hetero) is 1. The molecule has 2 aromatic carbocycles. The molecular formula is C27H31FN4O6S2. The minimum atomic E-state index is -4.43. The molecule has 40 heavy (non-hydrogen) atoms. The molecule has 0 unspecified atom stereocenters. The molecule has 0 saturated heterocycles. The average molecular weight is 591 g/mol. The van der Waals surface area contributed by atoms with Gasteiger partial charge in [-0.25, -0.2) is 22.6 Å². The van der Waals surface area contributed by atoms with Crippen LogP contribution in [0.5, 0.6) is 5.75 Å². The van der Waals surface area contributed by atoms with Gasteiger partial charge >= 0.3 is 5.97 Å². The maximum Gasteiger partial charge on any atom is 0.360 e. The highest BCUT2D eigenvalue weighted by Gasteiger charge is 2.33. The minimum Gasteiger partial charge on any atom is -0.497 e. The van der Waals surface area contributed by atoms with Crippen molar-refractivity contribution in [1.82, 2.24) is 4.98 Å². The first-order valence-corrected chi connectivity index (χ1v) is 14.5. The molecule has 3 N–H and O–H groups in total. The Morgan fingerprint density at radius 3 is 2.38 bits per heavy atom. The van der Waals surface area contributed by atoms with Crippen molar-refractivity contribution >= 4 is 43.9 Å². The number of thiazole rings is 1. The fourth-order valence-corrected chi connectivity index (χ4v) is 6.06. The number of carbonyl (C=O) groups is 2. The van der Waals surface area contributed by atoms with Crippen LogP contribution in [0.1, 0.15) is 55.2 Å². The van der Waals surface area contributed by atoms with Crippen molar-refractivity contribution in [3.63, 3.8) is 0 Å². The highest BCUT2D eigenvalue weighted by Crippen LogP contribution is 2.34. The van der Waals surface area contributed by atoms with Gasteiger partial charge in [-0.05, 0) is 56.2 Å². The number of nitrogens with one attached hydrogen (secondary N) is 1. The molecule has 3 aromatic rings. The molecule has 0 bridgehead atoms. The molecule has 13 heteroatoms. The standard InChI is InChI=1S/C27H31FN4O6S2/c1-27(2,3)38-26(34)24-25(39-16-31-24)32(15-17-5-9-20(37-4)10-6-17)40(35,36)21-11-7-18(22(28)14-21)13-19(33)8-12-23(29)30/h5-7,9-11,14,16H,8,12-13,15H2,1-4H3,(H3,29,30). The molecule has 0 atom stereocenters. The van der Waals surface area contributed by atoms with Crippen molar-refractivity contribution < 1.29 is 31.9 Å². The minimum absolute atomic E-state index is 0.00830. The normalized spacial score (nSPS) is 11.6. The van der Waals surface area contributed by atoms with Crippen LogP contribution in [0.4, 0.5) is 9.39 Å². The zero-order valence-corrected chi connectivity index (χ0v) is 24.2. The topological polar surface area (TPSA) is 153 Å². The number of anilines is 1. The van der Waals surface area contributed by atoms with E-state index in [1.165, 1.54) is 24.8 Å². The van der Waals surface area contributed by atoms with E-state index >= 15 is 4.39 Å². The molecule has 0 aliphatic heterocycles. The van der Waals surface area contributed by atoms with Crippen LogP contribution >= 0.6 is 11.3 Å². The van der Waals surface area contributed by atoms with Gasteiger partial charge in [0.2, 0.25) is 0 Å². The summed E-state index contributed by atoms with van der Waals surface area (Å²) in [5.41, 5.74) is 6.16. The van der Waals surface area contributed by atoms with E-state index in [-0.39, 0.29) is 58.6 Å². The van der Waals surface area contributed by atoms with E-state index in [9.17, 15) is 18.0 Å². The van der Waals surface area contributed by atoms with E-state index < -0.39 is 27.4 Å². The number of halogens is 1. The van der Waals surface area contributed by atoms with Gasteiger partial charge in [-0.1, -0.05) is 18.2 Å². The quantitative estimate of drug-likeness (QED) is 0.178. The molecule has 0 saturated carbocycles. The molecule has 0 aliphatic carbocycles. The Hall–Kier alpha value is -3.84. The van der Waals surface area contributed by atoms with E-state index in [1.54, 1.807) is 45.0 Å². The lowest BCUT2D eigenvalue weighted by molar-refractivity contribution is -0.118. The zero-order chi connectivity index (χ0) is 29.7. The summed E-state index contributed by atoms with van der Waals surface area (Å²) in [4.78, 5) is 28.8. The molecule has 214 valence electrons. The van der Waals surface area contributed by atoms with Gasteiger partial charge in [-0.15, -0.1) is 11.3 Å². The van der Waals surface area contributed by atoms with Crippen LogP contribution in [0, 0.1) is 11.2 Å². The van der Waals surface area contributed by atoms with Crippen LogP contribution < -0.4 is 14.8 Å². The van der Waals surface area contributed by atoms with Crippen molar-refractivity contribution in [3.05, 3.63) is 70.6 Å². The second kappa shape index (κ2) is 12.6. The third kappa shape index (κ3) is 7.85. The van der Waals surface area contributed by atoms with Crippen LogP contribution in [0.2, 0.25) is 0 Å². The molecule has 0 amide bonds. The maximum atomic E-state index is 15.0. The van der Waals surface area contributed by atoms with Crippen LogP contribution in [0.15, 0.2) is 52.9 Å². The Balaban J connectivity index is 2.02. The van der Waals surface area contributed by atoms with Gasteiger partial charge in [0.05, 0.1) is 29.9 Å². The largest absolute Gasteiger partial charge is 0.497 e. The zero-order valence-electron chi connectivity index (χ0n) is 22.6. The molecule has 0 radical (unpaired) electrons. The number of ketones is 1.